The van der Waals surface area contributed by atoms with Crippen molar-refractivity contribution in [1.29, 1.82) is 0 Å². The topological polar surface area (TPSA) is 71.5 Å². The number of amidine groups is 1. The average Bonchev–Trinajstić information content (AvgIpc) is 2.45. The van der Waals surface area contributed by atoms with E-state index < -0.39 is 0 Å². The van der Waals surface area contributed by atoms with Crippen LogP contribution in [0.2, 0.25) is 0 Å². The summed E-state index contributed by atoms with van der Waals surface area (Å²) in [6.45, 7) is 0. The minimum atomic E-state index is 0.0251. The lowest BCUT2D eigenvalue weighted by Crippen LogP contribution is -2.14. The van der Waals surface area contributed by atoms with Crippen LogP contribution in [0.25, 0.3) is 0 Å². The van der Waals surface area contributed by atoms with Crippen LogP contribution in [0.5, 0.6) is 0 Å². The first kappa shape index (κ1) is 12.4. The van der Waals surface area contributed by atoms with Crippen LogP contribution in [0.4, 0.5) is 0 Å². The predicted molar refractivity (Wildman–Crippen MR) is 72.8 cm³/mol. The molecule has 1 aromatic heterocycles. The Kier molecular flexibility index (Phi) is 4.20. The SMILES string of the molecule is NC(=NO)c1cccc(SCc2ccccc2)n1. The Morgan fingerprint density at radius 1 is 1.17 bits per heavy atom. The van der Waals surface area contributed by atoms with E-state index in [1.54, 1.807) is 17.8 Å². The fourth-order valence-electron chi connectivity index (χ4n) is 1.42. The molecular weight excluding hydrogens is 246 g/mol. The minimum Gasteiger partial charge on any atom is -0.409 e. The maximum absolute atomic E-state index is 8.60. The number of hydrogen-bond donors (Lipinski definition) is 2. The Morgan fingerprint density at radius 3 is 2.67 bits per heavy atom. The number of aromatic nitrogens is 1. The van der Waals surface area contributed by atoms with Crippen LogP contribution >= 0.6 is 11.8 Å². The van der Waals surface area contributed by atoms with E-state index in [-0.39, 0.29) is 5.84 Å². The largest absolute Gasteiger partial charge is 0.409 e. The van der Waals surface area contributed by atoms with E-state index in [1.807, 2.05) is 30.3 Å². The number of nitrogens with zero attached hydrogens (tertiary/aromatic N) is 2. The Hall–Kier alpha value is -2.01. The molecule has 0 saturated carbocycles. The van der Waals surface area contributed by atoms with E-state index in [9.17, 15) is 0 Å². The average molecular weight is 259 g/mol. The summed E-state index contributed by atoms with van der Waals surface area (Å²) >= 11 is 1.61. The van der Waals surface area contributed by atoms with Crippen LogP contribution in [-0.2, 0) is 5.75 Å². The van der Waals surface area contributed by atoms with Crippen molar-refractivity contribution in [1.82, 2.24) is 4.98 Å². The van der Waals surface area contributed by atoms with Crippen LogP contribution in [0.3, 0.4) is 0 Å². The van der Waals surface area contributed by atoms with Crippen LogP contribution in [-0.4, -0.2) is 16.0 Å². The standard InChI is InChI=1S/C13H13N3OS/c14-13(16-17)11-7-4-8-12(15-11)18-9-10-5-2-1-3-6-10/h1-8,17H,9H2,(H2,14,16). The molecule has 3 N–H and O–H groups in total. The second-order valence-electron chi connectivity index (χ2n) is 3.62. The van der Waals surface area contributed by atoms with E-state index in [0.29, 0.717) is 5.69 Å². The number of benzene rings is 1. The summed E-state index contributed by atoms with van der Waals surface area (Å²) in [6.07, 6.45) is 0. The van der Waals surface area contributed by atoms with Crippen molar-refractivity contribution in [2.24, 2.45) is 10.9 Å². The van der Waals surface area contributed by atoms with Gasteiger partial charge in [0.25, 0.3) is 0 Å². The number of oxime groups is 1. The molecule has 1 heterocycles. The summed E-state index contributed by atoms with van der Waals surface area (Å²) < 4.78 is 0. The van der Waals surface area contributed by atoms with Gasteiger partial charge in [0.1, 0.15) is 5.69 Å². The Morgan fingerprint density at radius 2 is 1.94 bits per heavy atom. The predicted octanol–water partition coefficient (Wildman–Crippen LogP) is 2.47. The summed E-state index contributed by atoms with van der Waals surface area (Å²) in [4.78, 5) is 4.31. The van der Waals surface area contributed by atoms with Crippen molar-refractivity contribution in [3.05, 3.63) is 59.8 Å². The van der Waals surface area contributed by atoms with Crippen molar-refractivity contribution in [3.63, 3.8) is 0 Å². The molecule has 18 heavy (non-hydrogen) atoms. The molecule has 0 unspecified atom stereocenters. The van der Waals surface area contributed by atoms with Gasteiger partial charge >= 0.3 is 0 Å². The Labute approximate surface area is 110 Å². The second-order valence-corrected chi connectivity index (χ2v) is 4.62. The highest BCUT2D eigenvalue weighted by Crippen LogP contribution is 2.20. The monoisotopic (exact) mass is 259 g/mol. The highest BCUT2D eigenvalue weighted by atomic mass is 32.2. The minimum absolute atomic E-state index is 0.0251. The zero-order chi connectivity index (χ0) is 12.8. The molecule has 0 aliphatic heterocycles. The molecule has 0 spiro atoms. The number of hydrogen-bond acceptors (Lipinski definition) is 4. The van der Waals surface area contributed by atoms with E-state index in [4.69, 9.17) is 10.9 Å². The van der Waals surface area contributed by atoms with Gasteiger partial charge in [-0.05, 0) is 17.7 Å². The van der Waals surface area contributed by atoms with Gasteiger partial charge in [-0.25, -0.2) is 4.98 Å². The summed E-state index contributed by atoms with van der Waals surface area (Å²) in [7, 11) is 0. The second kappa shape index (κ2) is 6.07. The fraction of sp³-hybridized carbons (Fsp3) is 0.0769. The molecule has 92 valence electrons. The van der Waals surface area contributed by atoms with Crippen LogP contribution in [0, 0.1) is 0 Å². The zero-order valence-corrected chi connectivity index (χ0v) is 10.5. The molecule has 2 aromatic rings. The molecule has 1 aromatic carbocycles. The number of thioether (sulfide) groups is 1. The van der Waals surface area contributed by atoms with Gasteiger partial charge in [0.15, 0.2) is 5.84 Å². The molecule has 4 nitrogen and oxygen atoms in total. The highest BCUT2D eigenvalue weighted by Gasteiger charge is 2.03. The van der Waals surface area contributed by atoms with Gasteiger partial charge < -0.3 is 10.9 Å². The number of nitrogens with two attached hydrogens (primary N) is 1. The summed E-state index contributed by atoms with van der Waals surface area (Å²) in [5.74, 6) is 0.866. The molecular formula is C13H13N3OS. The Balaban J connectivity index is 2.06. The van der Waals surface area contributed by atoms with E-state index >= 15 is 0 Å². The summed E-state index contributed by atoms with van der Waals surface area (Å²) in [6, 6.07) is 15.6. The lowest BCUT2D eigenvalue weighted by Gasteiger charge is -2.03. The molecule has 2 rings (SSSR count). The number of pyridine rings is 1. The van der Waals surface area contributed by atoms with E-state index in [0.717, 1.165) is 10.8 Å². The molecule has 0 bridgehead atoms. The molecule has 0 aliphatic rings. The van der Waals surface area contributed by atoms with Crippen molar-refractivity contribution in [3.8, 4) is 0 Å². The molecule has 0 aliphatic carbocycles. The lowest BCUT2D eigenvalue weighted by atomic mass is 10.2. The first-order chi connectivity index (χ1) is 8.79. The van der Waals surface area contributed by atoms with E-state index in [2.05, 4.69) is 22.3 Å². The third kappa shape index (κ3) is 3.24. The number of rotatable bonds is 4. The van der Waals surface area contributed by atoms with Gasteiger partial charge in [-0.15, -0.1) is 11.8 Å². The van der Waals surface area contributed by atoms with Gasteiger partial charge in [-0.2, -0.15) is 0 Å². The third-order valence-corrected chi connectivity index (χ3v) is 3.32. The smallest absolute Gasteiger partial charge is 0.188 e. The van der Waals surface area contributed by atoms with Gasteiger partial charge in [0.05, 0.1) is 5.03 Å². The van der Waals surface area contributed by atoms with Crippen LogP contribution in [0.15, 0.2) is 58.7 Å². The quantitative estimate of drug-likeness (QED) is 0.291. The highest BCUT2D eigenvalue weighted by molar-refractivity contribution is 7.98. The van der Waals surface area contributed by atoms with Crippen molar-refractivity contribution in [2.75, 3.05) is 0 Å². The van der Waals surface area contributed by atoms with Gasteiger partial charge in [0, 0.05) is 5.75 Å². The summed E-state index contributed by atoms with van der Waals surface area (Å²) in [5.41, 5.74) is 7.22. The Bertz CT molecular complexity index is 543. The molecule has 0 saturated heterocycles. The van der Waals surface area contributed by atoms with Gasteiger partial charge in [-0.3, -0.25) is 0 Å². The normalized spacial score (nSPS) is 11.4. The maximum atomic E-state index is 8.60. The van der Waals surface area contributed by atoms with Gasteiger partial charge in [0.2, 0.25) is 0 Å². The van der Waals surface area contributed by atoms with Crippen molar-refractivity contribution < 1.29 is 5.21 Å². The third-order valence-electron chi connectivity index (χ3n) is 2.32. The molecule has 5 heteroatoms. The van der Waals surface area contributed by atoms with Gasteiger partial charge in [-0.1, -0.05) is 41.6 Å². The van der Waals surface area contributed by atoms with Crippen molar-refractivity contribution in [2.45, 2.75) is 10.8 Å². The maximum Gasteiger partial charge on any atom is 0.188 e. The van der Waals surface area contributed by atoms with Crippen LogP contribution in [0.1, 0.15) is 11.3 Å². The van der Waals surface area contributed by atoms with E-state index in [1.165, 1.54) is 5.56 Å². The lowest BCUT2D eigenvalue weighted by molar-refractivity contribution is 0.318. The molecule has 0 fully saturated rings. The molecule has 0 amide bonds. The molecule has 0 radical (unpaired) electrons. The van der Waals surface area contributed by atoms with Crippen LogP contribution < -0.4 is 5.73 Å². The first-order valence-corrected chi connectivity index (χ1v) is 6.40. The molecule has 0 atom stereocenters. The first-order valence-electron chi connectivity index (χ1n) is 5.41. The van der Waals surface area contributed by atoms with Crippen molar-refractivity contribution >= 4 is 17.6 Å². The zero-order valence-electron chi connectivity index (χ0n) is 9.65. The fourth-order valence-corrected chi connectivity index (χ4v) is 2.27. The summed E-state index contributed by atoms with van der Waals surface area (Å²) in [5, 5.41) is 12.4.